The first-order valence-electron chi connectivity index (χ1n) is 9.32. The van der Waals surface area contributed by atoms with Crippen molar-refractivity contribution in [1.82, 2.24) is 39.9 Å². The number of nitrogens with zero attached hydrogens (tertiary/aromatic N) is 8. The number of hydrogen-bond donors (Lipinski definition) is 1. The molecule has 136 valence electrons. The maximum Gasteiger partial charge on any atom is 0.200 e. The Labute approximate surface area is 151 Å². The van der Waals surface area contributed by atoms with Crippen LogP contribution in [0.15, 0.2) is 24.4 Å². The Morgan fingerprint density at radius 3 is 2.92 bits per heavy atom. The molecule has 0 unspecified atom stereocenters. The molecule has 0 radical (unpaired) electrons. The van der Waals surface area contributed by atoms with E-state index in [4.69, 9.17) is 0 Å². The van der Waals surface area contributed by atoms with Gasteiger partial charge in [0, 0.05) is 25.8 Å². The van der Waals surface area contributed by atoms with Gasteiger partial charge < -0.3 is 5.32 Å². The van der Waals surface area contributed by atoms with Crippen molar-refractivity contribution < 1.29 is 0 Å². The van der Waals surface area contributed by atoms with E-state index in [1.165, 1.54) is 42.6 Å². The van der Waals surface area contributed by atoms with Gasteiger partial charge >= 0.3 is 0 Å². The lowest BCUT2D eigenvalue weighted by molar-refractivity contribution is 0.0841. The molecule has 2 fully saturated rings. The third-order valence-electron chi connectivity index (χ3n) is 5.59. The molecule has 1 saturated heterocycles. The second-order valence-corrected chi connectivity index (χ2v) is 7.32. The molecule has 0 aromatic carbocycles. The fraction of sp³-hybridized carbons (Fsp3) is 0.588. The molecule has 3 aromatic rings. The number of hydrogen-bond acceptors (Lipinski definition) is 7. The van der Waals surface area contributed by atoms with Crippen LogP contribution < -0.4 is 5.32 Å². The molecule has 3 aromatic heterocycles. The number of likely N-dealkylation sites (tertiary alicyclic amines) is 1. The quantitative estimate of drug-likeness (QED) is 0.739. The lowest BCUT2D eigenvalue weighted by Gasteiger charge is -2.41. The first-order chi connectivity index (χ1) is 12.8. The van der Waals surface area contributed by atoms with Gasteiger partial charge in [0.1, 0.15) is 5.82 Å². The topological polar surface area (TPSA) is 89.1 Å². The van der Waals surface area contributed by atoms with Gasteiger partial charge in [-0.2, -0.15) is 5.10 Å². The maximum absolute atomic E-state index is 4.43. The molecule has 0 amide bonds. The highest BCUT2D eigenvalue weighted by molar-refractivity contribution is 5.42. The average molecular weight is 353 g/mol. The van der Waals surface area contributed by atoms with Crippen LogP contribution in [0.3, 0.4) is 0 Å². The molecule has 0 bridgehead atoms. The van der Waals surface area contributed by atoms with Crippen LogP contribution in [0.4, 0.5) is 5.82 Å². The molecule has 1 aliphatic heterocycles. The lowest BCUT2D eigenvalue weighted by atomic mass is 9.86. The Balaban J connectivity index is 1.37. The van der Waals surface area contributed by atoms with Crippen LogP contribution >= 0.6 is 0 Å². The van der Waals surface area contributed by atoms with Crippen LogP contribution in [0.2, 0.25) is 0 Å². The molecule has 9 nitrogen and oxygen atoms in total. The SMILES string of the molecule is Cn1nccc1[C@H]1[C@H](CNc2ccc3nnnn3n2)CCCN1C1CC1. The fourth-order valence-electron chi connectivity index (χ4n) is 4.20. The normalized spacial score (nSPS) is 24.2. The van der Waals surface area contributed by atoms with Crippen molar-refractivity contribution in [3.05, 3.63) is 30.1 Å². The molecule has 1 aliphatic carbocycles. The van der Waals surface area contributed by atoms with Crippen LogP contribution in [0, 0.1) is 5.92 Å². The number of rotatable bonds is 5. The molecule has 0 spiro atoms. The lowest BCUT2D eigenvalue weighted by Crippen LogP contribution is -2.43. The summed E-state index contributed by atoms with van der Waals surface area (Å²) in [5.41, 5.74) is 1.97. The second kappa shape index (κ2) is 6.31. The van der Waals surface area contributed by atoms with Gasteiger partial charge in [-0.1, -0.05) is 0 Å². The smallest absolute Gasteiger partial charge is 0.200 e. The van der Waals surface area contributed by atoms with Crippen LogP contribution in [0.25, 0.3) is 5.65 Å². The van der Waals surface area contributed by atoms with E-state index < -0.39 is 0 Å². The van der Waals surface area contributed by atoms with Gasteiger partial charge in [-0.15, -0.1) is 14.8 Å². The van der Waals surface area contributed by atoms with Gasteiger partial charge in [0.15, 0.2) is 5.65 Å². The predicted octanol–water partition coefficient (Wildman–Crippen LogP) is 1.28. The van der Waals surface area contributed by atoms with E-state index in [1.807, 2.05) is 30.1 Å². The van der Waals surface area contributed by atoms with Gasteiger partial charge in [0.05, 0.1) is 11.7 Å². The number of anilines is 1. The summed E-state index contributed by atoms with van der Waals surface area (Å²) in [4.78, 5) is 2.70. The molecule has 4 heterocycles. The summed E-state index contributed by atoms with van der Waals surface area (Å²) in [5.74, 6) is 1.32. The molecule has 2 aliphatic rings. The highest BCUT2D eigenvalue weighted by atomic mass is 15.6. The molecule has 1 N–H and O–H groups in total. The highest BCUT2D eigenvalue weighted by Gasteiger charge is 2.41. The highest BCUT2D eigenvalue weighted by Crippen LogP contribution is 2.42. The zero-order chi connectivity index (χ0) is 17.5. The van der Waals surface area contributed by atoms with Crippen molar-refractivity contribution in [2.24, 2.45) is 13.0 Å². The minimum Gasteiger partial charge on any atom is -0.368 e. The Bertz CT molecular complexity index is 896. The molecule has 1 saturated carbocycles. The van der Waals surface area contributed by atoms with Gasteiger partial charge in [-0.25, -0.2) is 0 Å². The average Bonchev–Trinajstić information content (AvgIpc) is 3.25. The van der Waals surface area contributed by atoms with E-state index in [-0.39, 0.29) is 0 Å². The van der Waals surface area contributed by atoms with E-state index in [0.717, 1.165) is 18.4 Å². The van der Waals surface area contributed by atoms with Crippen molar-refractivity contribution in [2.45, 2.75) is 37.8 Å². The van der Waals surface area contributed by atoms with E-state index >= 15 is 0 Å². The number of piperidine rings is 1. The summed E-state index contributed by atoms with van der Waals surface area (Å²) in [5, 5.41) is 23.8. The van der Waals surface area contributed by atoms with E-state index in [9.17, 15) is 0 Å². The summed E-state index contributed by atoms with van der Waals surface area (Å²) in [6.45, 7) is 2.06. The molecule has 26 heavy (non-hydrogen) atoms. The molecular weight excluding hydrogens is 330 g/mol. The van der Waals surface area contributed by atoms with Gasteiger partial charge in [-0.3, -0.25) is 9.58 Å². The number of fused-ring (bicyclic) bond motifs is 1. The third kappa shape index (κ3) is 2.82. The first kappa shape index (κ1) is 15.7. The van der Waals surface area contributed by atoms with Gasteiger partial charge in [-0.05, 0) is 66.8 Å². The standard InChI is InChI=1S/C17H23N9/c1-24-14(8-9-19-24)17-12(3-2-10-25(17)13-4-5-13)11-18-15-6-7-16-20-22-23-26(16)21-15/h6-9,12-13,17H,2-5,10-11H2,1H3,(H,18,21)/t12-,17+/m0/s1. The van der Waals surface area contributed by atoms with Crippen LogP contribution in [0.5, 0.6) is 0 Å². The summed E-state index contributed by atoms with van der Waals surface area (Å²) in [6, 6.07) is 7.14. The minimum absolute atomic E-state index is 0.410. The van der Waals surface area contributed by atoms with Crippen molar-refractivity contribution in [2.75, 3.05) is 18.4 Å². The number of tetrazole rings is 1. The molecule has 9 heteroatoms. The summed E-state index contributed by atoms with van der Waals surface area (Å²) < 4.78 is 3.49. The zero-order valence-corrected chi connectivity index (χ0v) is 14.9. The van der Waals surface area contributed by atoms with E-state index in [1.54, 1.807) is 0 Å². The van der Waals surface area contributed by atoms with Crippen LogP contribution in [0.1, 0.15) is 37.4 Å². The number of nitrogens with one attached hydrogen (secondary N) is 1. The van der Waals surface area contributed by atoms with Crippen molar-refractivity contribution in [3.63, 3.8) is 0 Å². The maximum atomic E-state index is 4.43. The summed E-state index contributed by atoms with van der Waals surface area (Å²) >= 11 is 0. The van der Waals surface area contributed by atoms with Crippen molar-refractivity contribution in [3.8, 4) is 0 Å². The Hall–Kier alpha value is -2.55. The summed E-state index contributed by atoms with van der Waals surface area (Å²) in [7, 11) is 2.05. The Kier molecular flexibility index (Phi) is 3.81. The molecule has 2 atom stereocenters. The number of aromatic nitrogens is 7. The van der Waals surface area contributed by atoms with Gasteiger partial charge in [0.25, 0.3) is 0 Å². The molecule has 5 rings (SSSR count). The van der Waals surface area contributed by atoms with Crippen molar-refractivity contribution >= 4 is 11.5 Å². The summed E-state index contributed by atoms with van der Waals surface area (Å²) in [6.07, 6.45) is 7.01. The third-order valence-corrected chi connectivity index (χ3v) is 5.59. The monoisotopic (exact) mass is 353 g/mol. The second-order valence-electron chi connectivity index (χ2n) is 7.32. The minimum atomic E-state index is 0.410. The van der Waals surface area contributed by atoms with Crippen LogP contribution in [-0.2, 0) is 7.05 Å². The van der Waals surface area contributed by atoms with E-state index in [2.05, 4.69) is 42.0 Å². The van der Waals surface area contributed by atoms with Gasteiger partial charge in [0.2, 0.25) is 0 Å². The van der Waals surface area contributed by atoms with E-state index in [0.29, 0.717) is 17.6 Å². The zero-order valence-electron chi connectivity index (χ0n) is 14.9. The molecular formula is C17H23N9. The fourth-order valence-corrected chi connectivity index (χ4v) is 4.20. The first-order valence-corrected chi connectivity index (χ1v) is 9.32. The van der Waals surface area contributed by atoms with Crippen LogP contribution in [-0.4, -0.2) is 59.1 Å². The Morgan fingerprint density at radius 2 is 2.12 bits per heavy atom. The van der Waals surface area contributed by atoms with Crippen molar-refractivity contribution in [1.29, 1.82) is 0 Å². The Morgan fingerprint density at radius 1 is 1.19 bits per heavy atom. The predicted molar refractivity (Wildman–Crippen MR) is 95.5 cm³/mol. The number of aryl methyl sites for hydroxylation is 1. The largest absolute Gasteiger partial charge is 0.368 e.